The Bertz CT molecular complexity index is 515. The Morgan fingerprint density at radius 1 is 1.26 bits per heavy atom. The highest BCUT2D eigenvalue weighted by molar-refractivity contribution is 9.08. The lowest BCUT2D eigenvalue weighted by Gasteiger charge is -2.33. The van der Waals surface area contributed by atoms with Gasteiger partial charge in [-0.3, -0.25) is 0 Å². The van der Waals surface area contributed by atoms with Crippen molar-refractivity contribution in [3.63, 3.8) is 0 Å². The molecule has 1 saturated heterocycles. The van der Waals surface area contributed by atoms with Crippen LogP contribution in [0, 0.1) is 0 Å². The van der Waals surface area contributed by atoms with Crippen LogP contribution in [0.5, 0.6) is 0 Å². The van der Waals surface area contributed by atoms with Crippen LogP contribution in [0.1, 0.15) is 24.8 Å². The highest BCUT2D eigenvalue weighted by Gasteiger charge is 2.32. The van der Waals surface area contributed by atoms with E-state index in [4.69, 9.17) is 0 Å². The minimum absolute atomic E-state index is 0.112. The van der Waals surface area contributed by atoms with Gasteiger partial charge in [-0.1, -0.05) is 34.5 Å². The molecule has 1 atom stereocenters. The first-order valence-corrected chi connectivity index (χ1v) is 8.93. The molecule has 0 bridgehead atoms. The first-order chi connectivity index (χ1) is 9.09. The summed E-state index contributed by atoms with van der Waals surface area (Å²) in [5.41, 5.74) is 1.04. The Balaban J connectivity index is 2.29. The lowest BCUT2D eigenvalue weighted by molar-refractivity contribution is 0.155. The zero-order chi connectivity index (χ0) is 13.9. The maximum Gasteiger partial charge on any atom is 0.243 e. The average molecular weight is 348 g/mol. The van der Waals surface area contributed by atoms with E-state index in [2.05, 4.69) is 15.9 Å². The number of benzene rings is 1. The molecule has 1 aliphatic heterocycles. The van der Waals surface area contributed by atoms with Crippen LogP contribution in [0.2, 0.25) is 0 Å². The molecule has 1 aliphatic rings. The van der Waals surface area contributed by atoms with Gasteiger partial charge in [-0.05, 0) is 30.5 Å². The maximum atomic E-state index is 12.6. The second kappa shape index (κ2) is 6.35. The molecule has 0 radical (unpaired) electrons. The zero-order valence-corrected chi connectivity index (χ0v) is 13.0. The van der Waals surface area contributed by atoms with Gasteiger partial charge in [0.1, 0.15) is 0 Å². The molecule has 106 valence electrons. The van der Waals surface area contributed by atoms with Crippen molar-refractivity contribution in [3.05, 3.63) is 29.8 Å². The van der Waals surface area contributed by atoms with Crippen molar-refractivity contribution in [3.8, 4) is 0 Å². The summed E-state index contributed by atoms with van der Waals surface area (Å²) in [6.45, 7) is 0.381. The molecule has 2 rings (SSSR count). The smallest absolute Gasteiger partial charge is 0.243 e. The largest absolute Gasteiger partial charge is 0.395 e. The molecule has 19 heavy (non-hydrogen) atoms. The van der Waals surface area contributed by atoms with Gasteiger partial charge in [0.25, 0.3) is 0 Å². The van der Waals surface area contributed by atoms with E-state index in [1.165, 1.54) is 4.31 Å². The third-order valence-corrected chi connectivity index (χ3v) is 6.08. The van der Waals surface area contributed by atoms with Crippen LogP contribution in [-0.2, 0) is 15.4 Å². The number of alkyl halides is 1. The summed E-state index contributed by atoms with van der Waals surface area (Å²) in [6.07, 6.45) is 2.56. The summed E-state index contributed by atoms with van der Waals surface area (Å²) in [5.74, 6) is 0. The van der Waals surface area contributed by atoms with Crippen LogP contribution in [-0.4, -0.2) is 37.0 Å². The first kappa shape index (κ1) is 15.0. The fourth-order valence-corrected chi connectivity index (χ4v) is 4.42. The van der Waals surface area contributed by atoms with Gasteiger partial charge in [0.2, 0.25) is 10.0 Å². The molecule has 0 amide bonds. The van der Waals surface area contributed by atoms with Crippen molar-refractivity contribution in [2.45, 2.75) is 35.5 Å². The number of sulfonamides is 1. The molecule has 6 heteroatoms. The van der Waals surface area contributed by atoms with E-state index >= 15 is 0 Å². The van der Waals surface area contributed by atoms with E-state index in [-0.39, 0.29) is 12.6 Å². The molecule has 1 N–H and O–H groups in total. The van der Waals surface area contributed by atoms with Crippen LogP contribution in [0.4, 0.5) is 0 Å². The number of aliphatic hydroxyl groups excluding tert-OH is 1. The van der Waals surface area contributed by atoms with Gasteiger partial charge >= 0.3 is 0 Å². The highest BCUT2D eigenvalue weighted by Crippen LogP contribution is 2.25. The normalized spacial score (nSPS) is 21.5. The highest BCUT2D eigenvalue weighted by atomic mass is 79.9. The van der Waals surface area contributed by atoms with Crippen molar-refractivity contribution in [2.75, 3.05) is 13.2 Å². The van der Waals surface area contributed by atoms with E-state index < -0.39 is 10.0 Å². The van der Waals surface area contributed by atoms with E-state index in [0.29, 0.717) is 16.8 Å². The molecule has 0 aromatic heterocycles. The monoisotopic (exact) mass is 347 g/mol. The van der Waals surface area contributed by atoms with Crippen LogP contribution < -0.4 is 0 Å². The number of halogens is 1. The van der Waals surface area contributed by atoms with Crippen molar-refractivity contribution in [1.82, 2.24) is 4.31 Å². The second-order valence-corrected chi connectivity index (χ2v) is 7.18. The first-order valence-electron chi connectivity index (χ1n) is 6.37. The summed E-state index contributed by atoms with van der Waals surface area (Å²) < 4.78 is 26.6. The maximum absolute atomic E-state index is 12.6. The predicted octanol–water partition coefficient (Wildman–Crippen LogP) is 2.12. The minimum atomic E-state index is -3.49. The number of piperidine rings is 1. The molecule has 1 unspecified atom stereocenters. The van der Waals surface area contributed by atoms with Crippen LogP contribution in [0.15, 0.2) is 29.2 Å². The lowest BCUT2D eigenvalue weighted by Crippen LogP contribution is -2.45. The van der Waals surface area contributed by atoms with Gasteiger partial charge in [0.05, 0.1) is 11.5 Å². The number of aliphatic hydroxyl groups is 1. The topological polar surface area (TPSA) is 57.6 Å². The summed E-state index contributed by atoms with van der Waals surface area (Å²) in [4.78, 5) is 0.303. The third kappa shape index (κ3) is 3.18. The number of hydrogen-bond donors (Lipinski definition) is 1. The lowest BCUT2D eigenvalue weighted by atomic mass is 10.1. The van der Waals surface area contributed by atoms with E-state index in [1.54, 1.807) is 24.3 Å². The Labute approximate surface area is 122 Å². The van der Waals surface area contributed by atoms with Gasteiger partial charge in [0.15, 0.2) is 0 Å². The van der Waals surface area contributed by atoms with Gasteiger partial charge in [0, 0.05) is 17.9 Å². The molecule has 0 saturated carbocycles. The second-order valence-electron chi connectivity index (χ2n) is 4.73. The molecular formula is C13H18BrNO3S. The molecule has 0 aliphatic carbocycles. The minimum Gasteiger partial charge on any atom is -0.395 e. The predicted molar refractivity (Wildman–Crippen MR) is 77.7 cm³/mol. The summed E-state index contributed by atoms with van der Waals surface area (Å²) in [7, 11) is -3.49. The molecule has 4 nitrogen and oxygen atoms in total. The Morgan fingerprint density at radius 2 is 1.95 bits per heavy atom. The molecule has 1 aromatic rings. The average Bonchev–Trinajstić information content (AvgIpc) is 2.47. The summed E-state index contributed by atoms with van der Waals surface area (Å²) >= 11 is 3.34. The van der Waals surface area contributed by atoms with Crippen LogP contribution in [0.25, 0.3) is 0 Å². The fourth-order valence-electron chi connectivity index (χ4n) is 2.36. The Kier molecular flexibility index (Phi) is 5.00. The SMILES string of the molecule is O=S(=O)(c1ccc(CBr)cc1)N1CCCCC1CO. The van der Waals surface area contributed by atoms with Crippen molar-refractivity contribution in [2.24, 2.45) is 0 Å². The van der Waals surface area contributed by atoms with E-state index in [1.807, 2.05) is 0 Å². The van der Waals surface area contributed by atoms with Crippen molar-refractivity contribution in [1.29, 1.82) is 0 Å². The number of rotatable bonds is 4. The zero-order valence-electron chi connectivity index (χ0n) is 10.6. The quantitative estimate of drug-likeness (QED) is 0.848. The summed E-state index contributed by atoms with van der Waals surface area (Å²) in [5, 5.41) is 10.0. The standard InChI is InChI=1S/C13H18BrNO3S/c14-9-11-4-6-13(7-5-11)19(17,18)15-8-2-1-3-12(15)10-16/h4-7,12,16H,1-3,8-10H2. The number of nitrogens with zero attached hydrogens (tertiary/aromatic N) is 1. The van der Waals surface area contributed by atoms with Gasteiger partial charge < -0.3 is 5.11 Å². The van der Waals surface area contributed by atoms with Crippen molar-refractivity contribution >= 4 is 26.0 Å². The molecule has 1 fully saturated rings. The molecule has 1 aromatic carbocycles. The number of hydrogen-bond acceptors (Lipinski definition) is 3. The molecule has 0 spiro atoms. The Hall–Kier alpha value is -0.430. The van der Waals surface area contributed by atoms with Crippen LogP contribution in [0.3, 0.4) is 0 Å². The summed E-state index contributed by atoms with van der Waals surface area (Å²) in [6, 6.07) is 6.60. The van der Waals surface area contributed by atoms with E-state index in [9.17, 15) is 13.5 Å². The fraction of sp³-hybridized carbons (Fsp3) is 0.538. The molecule has 1 heterocycles. The van der Waals surface area contributed by atoms with Gasteiger partial charge in [-0.2, -0.15) is 4.31 Å². The van der Waals surface area contributed by atoms with Gasteiger partial charge in [-0.15, -0.1) is 0 Å². The van der Waals surface area contributed by atoms with Crippen molar-refractivity contribution < 1.29 is 13.5 Å². The van der Waals surface area contributed by atoms with Gasteiger partial charge in [-0.25, -0.2) is 8.42 Å². The third-order valence-electron chi connectivity index (χ3n) is 3.47. The van der Waals surface area contributed by atoms with E-state index in [0.717, 1.165) is 24.8 Å². The molecular weight excluding hydrogens is 330 g/mol. The Morgan fingerprint density at radius 3 is 2.53 bits per heavy atom. The van der Waals surface area contributed by atoms with Crippen LogP contribution >= 0.6 is 15.9 Å².